The maximum atomic E-state index is 12.5. The zero-order valence-corrected chi connectivity index (χ0v) is 14.6. The SMILES string of the molecule is Cc1ccc(N2CC[C@H](NC(=O)CCCc3ccccc3)C2=O)cc1. The van der Waals surface area contributed by atoms with Crippen molar-refractivity contribution in [3.8, 4) is 0 Å². The van der Waals surface area contributed by atoms with Crippen LogP contribution < -0.4 is 10.2 Å². The van der Waals surface area contributed by atoms with Gasteiger partial charge in [0, 0.05) is 18.7 Å². The van der Waals surface area contributed by atoms with Crippen LogP contribution in [-0.2, 0) is 16.0 Å². The molecule has 0 aliphatic carbocycles. The van der Waals surface area contributed by atoms with Crippen LogP contribution in [0.4, 0.5) is 5.69 Å². The average molecular weight is 336 g/mol. The van der Waals surface area contributed by atoms with Crippen molar-refractivity contribution in [1.29, 1.82) is 0 Å². The minimum atomic E-state index is -0.398. The molecule has 2 aromatic carbocycles. The van der Waals surface area contributed by atoms with Crippen LogP contribution in [-0.4, -0.2) is 24.4 Å². The fourth-order valence-corrected chi connectivity index (χ4v) is 3.16. The number of hydrogen-bond donors (Lipinski definition) is 1. The molecule has 0 spiro atoms. The van der Waals surface area contributed by atoms with E-state index in [1.54, 1.807) is 4.90 Å². The topological polar surface area (TPSA) is 49.4 Å². The predicted octanol–water partition coefficient (Wildman–Crippen LogP) is 3.24. The first-order chi connectivity index (χ1) is 12.1. The molecule has 1 aliphatic rings. The lowest BCUT2D eigenvalue weighted by molar-refractivity contribution is -0.126. The predicted molar refractivity (Wildman–Crippen MR) is 99.5 cm³/mol. The molecular formula is C21H24N2O2. The van der Waals surface area contributed by atoms with Crippen LogP contribution in [0.2, 0.25) is 0 Å². The molecule has 0 aromatic heterocycles. The zero-order chi connectivity index (χ0) is 17.6. The van der Waals surface area contributed by atoms with E-state index in [4.69, 9.17) is 0 Å². The third-order valence-electron chi connectivity index (χ3n) is 4.60. The number of nitrogens with one attached hydrogen (secondary N) is 1. The highest BCUT2D eigenvalue weighted by molar-refractivity contribution is 6.01. The Morgan fingerprint density at radius 3 is 2.56 bits per heavy atom. The monoisotopic (exact) mass is 336 g/mol. The highest BCUT2D eigenvalue weighted by atomic mass is 16.2. The van der Waals surface area contributed by atoms with Crippen molar-refractivity contribution >= 4 is 17.5 Å². The van der Waals surface area contributed by atoms with E-state index in [1.165, 1.54) is 11.1 Å². The lowest BCUT2D eigenvalue weighted by Gasteiger charge is -2.17. The highest BCUT2D eigenvalue weighted by Gasteiger charge is 2.33. The smallest absolute Gasteiger partial charge is 0.249 e. The molecule has 0 bridgehead atoms. The second-order valence-electron chi connectivity index (χ2n) is 6.57. The van der Waals surface area contributed by atoms with Crippen LogP contribution in [0.3, 0.4) is 0 Å². The van der Waals surface area contributed by atoms with E-state index in [2.05, 4.69) is 17.4 Å². The molecule has 1 atom stereocenters. The van der Waals surface area contributed by atoms with E-state index in [-0.39, 0.29) is 11.8 Å². The molecule has 1 heterocycles. The molecule has 0 radical (unpaired) electrons. The summed E-state index contributed by atoms with van der Waals surface area (Å²) >= 11 is 0. The highest BCUT2D eigenvalue weighted by Crippen LogP contribution is 2.22. The van der Waals surface area contributed by atoms with Crippen LogP contribution in [0.25, 0.3) is 0 Å². The standard InChI is InChI=1S/C21H24N2O2/c1-16-10-12-18(13-11-16)23-15-14-19(21(23)25)22-20(24)9-5-8-17-6-3-2-4-7-17/h2-4,6-7,10-13,19H,5,8-9,14-15H2,1H3,(H,22,24)/t19-/m0/s1. The fourth-order valence-electron chi connectivity index (χ4n) is 3.16. The van der Waals surface area contributed by atoms with Gasteiger partial charge in [-0.15, -0.1) is 0 Å². The summed E-state index contributed by atoms with van der Waals surface area (Å²) in [4.78, 5) is 26.4. The minimum Gasteiger partial charge on any atom is -0.344 e. The van der Waals surface area contributed by atoms with E-state index < -0.39 is 6.04 Å². The van der Waals surface area contributed by atoms with Crippen molar-refractivity contribution in [3.63, 3.8) is 0 Å². The number of aryl methyl sites for hydroxylation is 2. The Bertz CT molecular complexity index is 725. The van der Waals surface area contributed by atoms with E-state index in [0.29, 0.717) is 19.4 Å². The van der Waals surface area contributed by atoms with E-state index in [9.17, 15) is 9.59 Å². The average Bonchev–Trinajstić information content (AvgIpc) is 2.97. The van der Waals surface area contributed by atoms with Gasteiger partial charge < -0.3 is 10.2 Å². The largest absolute Gasteiger partial charge is 0.344 e. The first kappa shape index (κ1) is 17.2. The lowest BCUT2D eigenvalue weighted by Crippen LogP contribution is -2.41. The molecule has 4 nitrogen and oxygen atoms in total. The first-order valence-corrected chi connectivity index (χ1v) is 8.85. The molecule has 130 valence electrons. The number of amides is 2. The van der Waals surface area contributed by atoms with Gasteiger partial charge in [-0.3, -0.25) is 9.59 Å². The number of anilines is 1. The van der Waals surface area contributed by atoms with Gasteiger partial charge in [0.1, 0.15) is 6.04 Å². The number of rotatable bonds is 6. The summed E-state index contributed by atoms with van der Waals surface area (Å²) in [7, 11) is 0. The summed E-state index contributed by atoms with van der Waals surface area (Å²) < 4.78 is 0. The van der Waals surface area contributed by atoms with Crippen LogP contribution in [0.5, 0.6) is 0 Å². The third-order valence-corrected chi connectivity index (χ3v) is 4.60. The quantitative estimate of drug-likeness (QED) is 0.880. The zero-order valence-electron chi connectivity index (χ0n) is 14.6. The van der Waals surface area contributed by atoms with Crippen molar-refractivity contribution in [2.75, 3.05) is 11.4 Å². The van der Waals surface area contributed by atoms with Gasteiger partial charge in [0.2, 0.25) is 11.8 Å². The Kier molecular flexibility index (Phi) is 5.49. The Labute approximate surface area is 148 Å². The van der Waals surface area contributed by atoms with Crippen molar-refractivity contribution in [3.05, 3.63) is 65.7 Å². The fraction of sp³-hybridized carbons (Fsp3) is 0.333. The number of hydrogen-bond acceptors (Lipinski definition) is 2. The molecule has 0 saturated carbocycles. The molecule has 1 saturated heterocycles. The first-order valence-electron chi connectivity index (χ1n) is 8.85. The number of benzene rings is 2. The maximum Gasteiger partial charge on any atom is 0.249 e. The molecule has 0 unspecified atom stereocenters. The van der Waals surface area contributed by atoms with Crippen LogP contribution in [0, 0.1) is 6.92 Å². The van der Waals surface area contributed by atoms with Crippen LogP contribution >= 0.6 is 0 Å². The van der Waals surface area contributed by atoms with Gasteiger partial charge in [-0.05, 0) is 43.9 Å². The normalized spacial score (nSPS) is 16.9. The Hall–Kier alpha value is -2.62. The second kappa shape index (κ2) is 7.97. The molecule has 2 amide bonds. The summed E-state index contributed by atoms with van der Waals surface area (Å²) in [6.45, 7) is 2.67. The van der Waals surface area contributed by atoms with Gasteiger partial charge in [0.15, 0.2) is 0 Å². The minimum absolute atomic E-state index is 0.0136. The van der Waals surface area contributed by atoms with E-state index in [1.807, 2.05) is 49.4 Å². The van der Waals surface area contributed by atoms with Crippen molar-refractivity contribution < 1.29 is 9.59 Å². The lowest BCUT2D eigenvalue weighted by atomic mass is 10.1. The van der Waals surface area contributed by atoms with E-state index in [0.717, 1.165) is 18.5 Å². The number of carbonyl (C=O) groups is 2. The third kappa shape index (κ3) is 4.47. The molecule has 1 aliphatic heterocycles. The van der Waals surface area contributed by atoms with Crippen molar-refractivity contribution in [2.24, 2.45) is 0 Å². The molecule has 1 fully saturated rings. The van der Waals surface area contributed by atoms with Gasteiger partial charge in [-0.1, -0.05) is 48.0 Å². The number of nitrogens with zero attached hydrogens (tertiary/aromatic N) is 1. The van der Waals surface area contributed by atoms with Crippen LogP contribution in [0.1, 0.15) is 30.4 Å². The molecule has 3 rings (SSSR count). The molecule has 25 heavy (non-hydrogen) atoms. The Balaban J connectivity index is 1.47. The van der Waals surface area contributed by atoms with Crippen LogP contribution in [0.15, 0.2) is 54.6 Å². The molecule has 2 aromatic rings. The Morgan fingerprint density at radius 1 is 1.12 bits per heavy atom. The summed E-state index contributed by atoms with van der Waals surface area (Å²) in [5.41, 5.74) is 3.30. The van der Waals surface area contributed by atoms with E-state index >= 15 is 0 Å². The molecular weight excluding hydrogens is 312 g/mol. The second-order valence-corrected chi connectivity index (χ2v) is 6.57. The summed E-state index contributed by atoms with van der Waals surface area (Å²) in [6.07, 6.45) is 2.78. The van der Waals surface area contributed by atoms with Gasteiger partial charge in [-0.2, -0.15) is 0 Å². The Morgan fingerprint density at radius 2 is 1.84 bits per heavy atom. The molecule has 4 heteroatoms. The van der Waals surface area contributed by atoms with Crippen molar-refractivity contribution in [2.45, 2.75) is 38.6 Å². The van der Waals surface area contributed by atoms with Gasteiger partial charge in [0.05, 0.1) is 0 Å². The van der Waals surface area contributed by atoms with Gasteiger partial charge in [0.25, 0.3) is 0 Å². The summed E-state index contributed by atoms with van der Waals surface area (Å²) in [6, 6.07) is 17.6. The summed E-state index contributed by atoms with van der Waals surface area (Å²) in [5, 5.41) is 2.90. The number of carbonyl (C=O) groups excluding carboxylic acids is 2. The van der Waals surface area contributed by atoms with Gasteiger partial charge >= 0.3 is 0 Å². The van der Waals surface area contributed by atoms with Gasteiger partial charge in [-0.25, -0.2) is 0 Å². The summed E-state index contributed by atoms with van der Waals surface area (Å²) in [5.74, 6) is -0.0553. The van der Waals surface area contributed by atoms with Crippen molar-refractivity contribution in [1.82, 2.24) is 5.32 Å². The molecule has 1 N–H and O–H groups in total. The maximum absolute atomic E-state index is 12.5.